The van der Waals surface area contributed by atoms with Gasteiger partial charge in [-0.05, 0) is 18.3 Å². The maximum absolute atomic E-state index is 3.50. The van der Waals surface area contributed by atoms with Gasteiger partial charge in [0.05, 0.1) is 0 Å². The van der Waals surface area contributed by atoms with Crippen molar-refractivity contribution in [2.24, 2.45) is 11.8 Å². The van der Waals surface area contributed by atoms with Crippen molar-refractivity contribution in [1.29, 1.82) is 0 Å². The van der Waals surface area contributed by atoms with Crippen LogP contribution >= 0.6 is 0 Å². The monoisotopic (exact) mass is 111 g/mol. The fraction of sp³-hybridized carbons (Fsp3) is 1.00. The van der Waals surface area contributed by atoms with E-state index in [2.05, 4.69) is 19.2 Å². The summed E-state index contributed by atoms with van der Waals surface area (Å²) in [6.45, 7) is 5.91. The van der Waals surface area contributed by atoms with E-state index in [-0.39, 0.29) is 0 Å². The van der Waals surface area contributed by atoms with Crippen LogP contribution in [-0.4, -0.2) is 12.1 Å². The molecule has 1 saturated heterocycles. The molecule has 2 aliphatic rings. The SMILES string of the molecule is CC(C)C12CC1CN2. The van der Waals surface area contributed by atoms with Crippen LogP contribution in [0, 0.1) is 11.8 Å². The molecule has 1 aliphatic carbocycles. The number of hydrogen-bond acceptors (Lipinski definition) is 1. The smallest absolute Gasteiger partial charge is 0.0249 e. The lowest BCUT2D eigenvalue weighted by atomic mass is 9.94. The van der Waals surface area contributed by atoms with Gasteiger partial charge < -0.3 is 5.32 Å². The third-order valence-corrected chi connectivity index (χ3v) is 2.86. The molecular weight excluding hydrogens is 98.1 g/mol. The molecule has 0 aromatic heterocycles. The molecule has 1 nitrogen and oxygen atoms in total. The molecule has 0 spiro atoms. The molecule has 2 rings (SSSR count). The fourth-order valence-corrected chi connectivity index (χ4v) is 1.91. The van der Waals surface area contributed by atoms with Crippen LogP contribution in [0.1, 0.15) is 20.3 Å². The van der Waals surface area contributed by atoms with Crippen molar-refractivity contribution >= 4 is 0 Å². The normalized spacial score (nSPS) is 50.6. The average molecular weight is 111 g/mol. The van der Waals surface area contributed by atoms with Crippen LogP contribution in [0.15, 0.2) is 0 Å². The molecule has 0 radical (unpaired) electrons. The van der Waals surface area contributed by atoms with Crippen LogP contribution in [-0.2, 0) is 0 Å². The molecule has 0 aromatic carbocycles. The number of hydrogen-bond donors (Lipinski definition) is 1. The van der Waals surface area contributed by atoms with Crippen LogP contribution in [0.5, 0.6) is 0 Å². The molecule has 8 heavy (non-hydrogen) atoms. The van der Waals surface area contributed by atoms with E-state index in [0.29, 0.717) is 5.54 Å². The van der Waals surface area contributed by atoms with Gasteiger partial charge in [0.25, 0.3) is 0 Å². The minimum Gasteiger partial charge on any atom is -0.310 e. The second-order valence-corrected chi connectivity index (χ2v) is 3.48. The van der Waals surface area contributed by atoms with Crippen molar-refractivity contribution in [3.05, 3.63) is 0 Å². The van der Waals surface area contributed by atoms with Crippen molar-refractivity contribution < 1.29 is 0 Å². The highest BCUT2D eigenvalue weighted by atomic mass is 15.2. The number of fused-ring (bicyclic) bond motifs is 1. The second kappa shape index (κ2) is 1.10. The highest BCUT2D eigenvalue weighted by molar-refractivity contribution is 5.20. The van der Waals surface area contributed by atoms with Crippen LogP contribution < -0.4 is 5.32 Å². The van der Waals surface area contributed by atoms with Gasteiger partial charge in [0, 0.05) is 12.1 Å². The zero-order valence-electron chi connectivity index (χ0n) is 5.57. The number of nitrogens with one attached hydrogen (secondary N) is 1. The summed E-state index contributed by atoms with van der Waals surface area (Å²) < 4.78 is 0. The summed E-state index contributed by atoms with van der Waals surface area (Å²) >= 11 is 0. The Morgan fingerprint density at radius 2 is 2.38 bits per heavy atom. The molecule has 0 bridgehead atoms. The van der Waals surface area contributed by atoms with E-state index in [1.54, 1.807) is 0 Å². The Labute approximate surface area is 50.5 Å². The van der Waals surface area contributed by atoms with Crippen molar-refractivity contribution in [3.8, 4) is 0 Å². The summed E-state index contributed by atoms with van der Waals surface area (Å²) in [6, 6.07) is 0. The topological polar surface area (TPSA) is 12.0 Å². The summed E-state index contributed by atoms with van der Waals surface area (Å²) in [6.07, 6.45) is 1.45. The Balaban J connectivity index is 2.07. The minimum absolute atomic E-state index is 0.639. The fourth-order valence-electron chi connectivity index (χ4n) is 1.91. The van der Waals surface area contributed by atoms with Gasteiger partial charge in [-0.1, -0.05) is 13.8 Å². The molecule has 1 saturated carbocycles. The van der Waals surface area contributed by atoms with E-state index < -0.39 is 0 Å². The van der Waals surface area contributed by atoms with Gasteiger partial charge >= 0.3 is 0 Å². The first-order valence-electron chi connectivity index (χ1n) is 3.51. The minimum atomic E-state index is 0.639. The third-order valence-electron chi connectivity index (χ3n) is 2.86. The quantitative estimate of drug-likeness (QED) is 0.532. The van der Waals surface area contributed by atoms with Gasteiger partial charge in [-0.2, -0.15) is 0 Å². The number of rotatable bonds is 1. The Hall–Kier alpha value is -0.0400. The van der Waals surface area contributed by atoms with Crippen LogP contribution in [0.25, 0.3) is 0 Å². The van der Waals surface area contributed by atoms with Crippen LogP contribution in [0.2, 0.25) is 0 Å². The maximum atomic E-state index is 3.50. The predicted molar refractivity (Wildman–Crippen MR) is 33.7 cm³/mol. The molecular formula is C7H13N. The lowest BCUT2D eigenvalue weighted by Crippen LogP contribution is -2.49. The van der Waals surface area contributed by atoms with Gasteiger partial charge in [-0.25, -0.2) is 0 Å². The van der Waals surface area contributed by atoms with Crippen molar-refractivity contribution in [2.45, 2.75) is 25.8 Å². The summed E-state index contributed by atoms with van der Waals surface area (Å²) in [4.78, 5) is 0. The van der Waals surface area contributed by atoms with E-state index in [1.165, 1.54) is 13.0 Å². The van der Waals surface area contributed by atoms with Crippen molar-refractivity contribution in [3.63, 3.8) is 0 Å². The van der Waals surface area contributed by atoms with E-state index in [1.807, 2.05) is 0 Å². The molecule has 1 heterocycles. The Morgan fingerprint density at radius 1 is 1.62 bits per heavy atom. The third kappa shape index (κ3) is 0.334. The largest absolute Gasteiger partial charge is 0.310 e. The van der Waals surface area contributed by atoms with Crippen molar-refractivity contribution in [2.75, 3.05) is 6.54 Å². The summed E-state index contributed by atoms with van der Waals surface area (Å²) in [5.41, 5.74) is 0.639. The van der Waals surface area contributed by atoms with Gasteiger partial charge in [0.2, 0.25) is 0 Å². The Kier molecular flexibility index (Phi) is 0.663. The molecule has 0 aromatic rings. The van der Waals surface area contributed by atoms with Crippen molar-refractivity contribution in [1.82, 2.24) is 5.32 Å². The average Bonchev–Trinajstić information content (AvgIpc) is 2.10. The molecule has 1 aliphatic heterocycles. The highest BCUT2D eigenvalue weighted by Crippen LogP contribution is 2.54. The second-order valence-electron chi connectivity index (χ2n) is 3.48. The summed E-state index contributed by atoms with van der Waals surface area (Å²) in [5.74, 6) is 1.92. The first-order valence-corrected chi connectivity index (χ1v) is 3.51. The van der Waals surface area contributed by atoms with Gasteiger partial charge in [0.1, 0.15) is 0 Å². The first kappa shape index (κ1) is 4.80. The molecule has 0 amide bonds. The van der Waals surface area contributed by atoms with E-state index in [9.17, 15) is 0 Å². The molecule has 1 heteroatoms. The molecule has 2 unspecified atom stereocenters. The summed E-state index contributed by atoms with van der Waals surface area (Å²) in [5, 5.41) is 3.50. The maximum Gasteiger partial charge on any atom is 0.0249 e. The molecule has 2 fully saturated rings. The zero-order chi connectivity index (χ0) is 5.78. The zero-order valence-corrected chi connectivity index (χ0v) is 5.57. The highest BCUT2D eigenvalue weighted by Gasteiger charge is 2.62. The standard InChI is InChI=1S/C7H13N/c1-5(2)7-3-6(7)4-8-7/h5-6,8H,3-4H2,1-2H3. The summed E-state index contributed by atoms with van der Waals surface area (Å²) in [7, 11) is 0. The van der Waals surface area contributed by atoms with E-state index in [4.69, 9.17) is 0 Å². The van der Waals surface area contributed by atoms with Gasteiger partial charge in [0.15, 0.2) is 0 Å². The van der Waals surface area contributed by atoms with Crippen LogP contribution in [0.3, 0.4) is 0 Å². The Bertz CT molecular complexity index is 116. The Morgan fingerprint density at radius 3 is 2.38 bits per heavy atom. The predicted octanol–water partition coefficient (Wildman–Crippen LogP) is 1.00. The lowest BCUT2D eigenvalue weighted by molar-refractivity contribution is 0.271. The molecule has 46 valence electrons. The van der Waals surface area contributed by atoms with Gasteiger partial charge in [-0.15, -0.1) is 0 Å². The lowest BCUT2D eigenvalue weighted by Gasteiger charge is -2.31. The van der Waals surface area contributed by atoms with Gasteiger partial charge in [-0.3, -0.25) is 0 Å². The first-order chi connectivity index (χ1) is 3.76. The molecule has 1 N–H and O–H groups in total. The molecule has 2 atom stereocenters. The van der Waals surface area contributed by atoms with Crippen LogP contribution in [0.4, 0.5) is 0 Å². The van der Waals surface area contributed by atoms with E-state index >= 15 is 0 Å². The van der Waals surface area contributed by atoms with E-state index in [0.717, 1.165) is 11.8 Å².